The third-order valence-electron chi connectivity index (χ3n) is 14.1. The highest BCUT2D eigenvalue weighted by Crippen LogP contribution is 2.52. The number of amides is 2. The molecule has 0 radical (unpaired) electrons. The van der Waals surface area contributed by atoms with Crippen molar-refractivity contribution >= 4 is 66.1 Å². The minimum atomic E-state index is -4.69. The maximum Gasteiger partial charge on any atom is 0.333 e. The Hall–Kier alpha value is -6.31. The Morgan fingerprint density at radius 2 is 1.35 bits per heavy atom. The maximum atomic E-state index is 13.0. The van der Waals surface area contributed by atoms with Crippen molar-refractivity contribution in [2.24, 2.45) is 0 Å². The van der Waals surface area contributed by atoms with Gasteiger partial charge in [-0.1, -0.05) is 67.3 Å². The molecule has 20 nitrogen and oxygen atoms in total. The fourth-order valence-electron chi connectivity index (χ4n) is 10.0. The largest absolute Gasteiger partial charge is 0.507 e. The van der Waals surface area contributed by atoms with Crippen LogP contribution in [0.2, 0.25) is 0 Å². The van der Waals surface area contributed by atoms with Gasteiger partial charge in [-0.05, 0) is 111 Å². The second kappa shape index (κ2) is 30.3. The summed E-state index contributed by atoms with van der Waals surface area (Å²) in [6.07, 6.45) is 12.8. The van der Waals surface area contributed by atoms with Crippen molar-refractivity contribution in [3.8, 4) is 5.75 Å². The lowest BCUT2D eigenvalue weighted by atomic mass is 9.77. The molecule has 1 saturated heterocycles. The van der Waals surface area contributed by atoms with Crippen LogP contribution in [0, 0.1) is 0 Å². The van der Waals surface area contributed by atoms with Crippen molar-refractivity contribution in [2.75, 3.05) is 108 Å². The molecule has 1 fully saturated rings. The molecule has 82 heavy (non-hydrogen) atoms. The Morgan fingerprint density at radius 3 is 1.95 bits per heavy atom. The van der Waals surface area contributed by atoms with Gasteiger partial charge in [0.15, 0.2) is 0 Å². The zero-order valence-electron chi connectivity index (χ0n) is 47.4. The summed E-state index contributed by atoms with van der Waals surface area (Å²) in [6, 6.07) is 17.4. The smallest absolute Gasteiger partial charge is 0.333 e. The molecule has 3 heterocycles. The number of hydroxylamine groups is 2. The topological polar surface area (TPSA) is 255 Å². The number of methoxy groups -OCH3 is 1. The first-order valence-electron chi connectivity index (χ1n) is 27.2. The molecular formula is C60H77N3O17S2. The van der Waals surface area contributed by atoms with Gasteiger partial charge in [-0.3, -0.25) is 18.7 Å². The van der Waals surface area contributed by atoms with E-state index in [2.05, 4.69) is 31.4 Å². The molecule has 2 amide bonds. The molecule has 22 heteroatoms. The van der Waals surface area contributed by atoms with Crippen LogP contribution >= 0.6 is 0 Å². The van der Waals surface area contributed by atoms with Gasteiger partial charge in [0.05, 0.1) is 88.9 Å². The Balaban J connectivity index is 1.21. The number of carbonyl (C=O) groups is 3. The van der Waals surface area contributed by atoms with Crippen LogP contribution in [0.4, 0.5) is 11.4 Å². The molecular weight excluding hydrogens is 1100 g/mol. The van der Waals surface area contributed by atoms with E-state index in [0.29, 0.717) is 118 Å². The maximum absolute atomic E-state index is 13.0. The SMILES string of the molecule is C=C(/C=C(/C=C/C=C/C=C1/N(CCCS(=O)(=O)O)c2ccc(S(=O)(=O)O)cc2C1(C)CCCC(=O)ON1C(=O)CCC1=O)c1cc2c(cc1O)N(CCOCCOCCOCCOCCOCCOC)C(C)(C)C=C2C)c1ccccc1. The minimum Gasteiger partial charge on any atom is -0.507 e. The Kier molecular flexibility index (Phi) is 24.0. The van der Waals surface area contributed by atoms with Crippen molar-refractivity contribution in [3.05, 3.63) is 138 Å². The van der Waals surface area contributed by atoms with E-state index in [0.717, 1.165) is 22.4 Å². The van der Waals surface area contributed by atoms with Crippen LogP contribution in [0.25, 0.3) is 16.7 Å². The van der Waals surface area contributed by atoms with Crippen LogP contribution in [0.5, 0.6) is 5.75 Å². The van der Waals surface area contributed by atoms with Gasteiger partial charge >= 0.3 is 5.97 Å². The lowest BCUT2D eigenvalue weighted by Crippen LogP contribution is -2.46. The van der Waals surface area contributed by atoms with E-state index in [-0.39, 0.29) is 55.7 Å². The zero-order chi connectivity index (χ0) is 59.5. The fraction of sp³-hybridized carbons (Fsp3) is 0.450. The first-order chi connectivity index (χ1) is 39.0. The van der Waals surface area contributed by atoms with E-state index in [1.807, 2.05) is 62.4 Å². The minimum absolute atomic E-state index is 0.0268. The van der Waals surface area contributed by atoms with E-state index in [1.54, 1.807) is 42.4 Å². The number of rotatable bonds is 34. The molecule has 6 rings (SSSR count). The molecule has 446 valence electrons. The number of phenolic OH excluding ortho intramolecular Hbond substituents is 1. The predicted octanol–water partition coefficient (Wildman–Crippen LogP) is 8.30. The Labute approximate surface area is 481 Å². The van der Waals surface area contributed by atoms with Crippen molar-refractivity contribution in [2.45, 2.75) is 82.1 Å². The number of aromatic hydroxyl groups is 1. The van der Waals surface area contributed by atoms with E-state index < -0.39 is 54.7 Å². The molecule has 3 aromatic carbocycles. The summed E-state index contributed by atoms with van der Waals surface area (Å²) in [5.41, 5.74) is 5.49. The van der Waals surface area contributed by atoms with Crippen molar-refractivity contribution in [3.63, 3.8) is 0 Å². The van der Waals surface area contributed by atoms with Gasteiger partial charge in [0.1, 0.15) is 5.75 Å². The molecule has 3 aliphatic rings. The van der Waals surface area contributed by atoms with Crippen LogP contribution in [-0.4, -0.2) is 158 Å². The number of fused-ring (bicyclic) bond motifs is 2. The predicted molar refractivity (Wildman–Crippen MR) is 312 cm³/mol. The number of carbonyl (C=O) groups excluding carboxylic acids is 3. The van der Waals surface area contributed by atoms with Gasteiger partial charge in [-0.25, -0.2) is 4.79 Å². The van der Waals surface area contributed by atoms with Gasteiger partial charge < -0.3 is 48.2 Å². The summed E-state index contributed by atoms with van der Waals surface area (Å²) < 4.78 is 102. The molecule has 3 aromatic rings. The van der Waals surface area contributed by atoms with Crippen LogP contribution in [0.3, 0.4) is 0 Å². The lowest BCUT2D eigenvalue weighted by molar-refractivity contribution is -0.197. The number of ether oxygens (including phenoxy) is 6. The summed E-state index contributed by atoms with van der Waals surface area (Å²) in [5.74, 6) is -2.63. The van der Waals surface area contributed by atoms with Gasteiger partial charge in [0.25, 0.3) is 32.1 Å². The summed E-state index contributed by atoms with van der Waals surface area (Å²) in [5, 5.41) is 12.5. The van der Waals surface area contributed by atoms with Crippen LogP contribution in [0.15, 0.2) is 120 Å². The number of hydrogen-bond acceptors (Lipinski definition) is 17. The van der Waals surface area contributed by atoms with E-state index >= 15 is 0 Å². The number of anilines is 2. The Morgan fingerprint density at radius 1 is 0.744 bits per heavy atom. The van der Waals surface area contributed by atoms with Gasteiger partial charge in [-0.2, -0.15) is 16.8 Å². The third-order valence-corrected chi connectivity index (χ3v) is 15.7. The molecule has 1 unspecified atom stereocenters. The highest BCUT2D eigenvalue weighted by atomic mass is 32.2. The summed E-state index contributed by atoms with van der Waals surface area (Å²) in [6.45, 7) is 18.0. The second-order valence-corrected chi connectivity index (χ2v) is 23.5. The van der Waals surface area contributed by atoms with Gasteiger partial charge in [0.2, 0.25) is 0 Å². The third kappa shape index (κ3) is 18.3. The molecule has 0 spiro atoms. The number of imide groups is 1. The van der Waals surface area contributed by atoms with Crippen LogP contribution < -0.4 is 9.80 Å². The summed E-state index contributed by atoms with van der Waals surface area (Å²) in [7, 11) is -7.42. The van der Waals surface area contributed by atoms with Crippen molar-refractivity contribution in [1.82, 2.24) is 5.06 Å². The van der Waals surface area contributed by atoms with E-state index in [9.17, 15) is 45.4 Å². The summed E-state index contributed by atoms with van der Waals surface area (Å²) >= 11 is 0. The number of allylic oxidation sites excluding steroid dienone is 10. The molecule has 0 saturated carbocycles. The van der Waals surface area contributed by atoms with E-state index in [1.165, 1.54) is 18.2 Å². The Bertz CT molecular complexity index is 3100. The van der Waals surface area contributed by atoms with Gasteiger partial charge in [-0.15, -0.1) is 5.06 Å². The fourth-order valence-corrected chi connectivity index (χ4v) is 11.0. The monoisotopic (exact) mass is 1180 g/mol. The molecule has 3 aliphatic heterocycles. The van der Waals surface area contributed by atoms with Crippen LogP contribution in [-0.2, 0) is 73.3 Å². The highest BCUT2D eigenvalue weighted by Gasteiger charge is 2.44. The van der Waals surface area contributed by atoms with Crippen molar-refractivity contribution < 1.29 is 78.7 Å². The molecule has 1 atom stereocenters. The standard InChI is InChI=1S/C60H77N3O17S2/c1-44(46-15-9-7-10-16-46)39-47(50-41-49-45(2)43-59(3,4)62(53(49)42-54(50)64)26-27-75-30-31-77-34-35-79-37-36-78-33-32-76-29-28-74-6)17-11-8-12-18-55-60(5,24-13-19-58(67)80-63-56(65)22-23-57(63)66)51-40-48(82(71,72)73)20-21-52(51)61(55)25-14-38-81(68,69)70/h7-12,15-18,20-21,39-43,64H,1,13-14,19,22-38H2,2-6H3,(H,68,69,70)(H,71,72,73)/b12-8+,17-11+,47-39-,55-18+. The number of benzene rings is 3. The number of phenols is 1. The molecule has 0 aromatic heterocycles. The summed E-state index contributed by atoms with van der Waals surface area (Å²) in [4.78, 5) is 46.0. The highest BCUT2D eigenvalue weighted by molar-refractivity contribution is 7.86. The van der Waals surface area contributed by atoms with Gasteiger partial charge in [0, 0.05) is 79.1 Å². The van der Waals surface area contributed by atoms with E-state index in [4.69, 9.17) is 33.3 Å². The molecule has 0 bridgehead atoms. The van der Waals surface area contributed by atoms with Crippen LogP contribution in [0.1, 0.15) is 88.5 Å². The molecule has 3 N–H and O–H groups in total. The average molecular weight is 1180 g/mol. The lowest BCUT2D eigenvalue weighted by Gasteiger charge is -2.43. The second-order valence-electron chi connectivity index (χ2n) is 20.5. The average Bonchev–Trinajstić information content (AvgIpc) is 3.93. The quantitative estimate of drug-likeness (QED) is 0.0220. The first-order valence-corrected chi connectivity index (χ1v) is 30.2. The zero-order valence-corrected chi connectivity index (χ0v) is 49.0. The normalized spacial score (nSPS) is 17.8. The molecule has 0 aliphatic carbocycles. The first kappa shape index (κ1) is 64.9. The number of nitrogens with zero attached hydrogens (tertiary/aromatic N) is 3. The van der Waals surface area contributed by atoms with Crippen molar-refractivity contribution in [1.29, 1.82) is 0 Å². The number of hydrogen-bond donors (Lipinski definition) is 3.